The van der Waals surface area contributed by atoms with Crippen molar-refractivity contribution in [3.63, 3.8) is 0 Å². The van der Waals surface area contributed by atoms with E-state index in [-0.39, 0.29) is 11.8 Å². The molecule has 0 saturated carbocycles. The highest BCUT2D eigenvalue weighted by molar-refractivity contribution is 5.70. The van der Waals surface area contributed by atoms with Crippen molar-refractivity contribution in [1.82, 2.24) is 5.32 Å². The third kappa shape index (κ3) is 6.30. The zero-order valence-electron chi connectivity index (χ0n) is 17.7. The third-order valence-corrected chi connectivity index (χ3v) is 4.62. The predicted molar refractivity (Wildman–Crippen MR) is 108 cm³/mol. The lowest BCUT2D eigenvalue weighted by molar-refractivity contribution is -0.299. The minimum atomic E-state index is -1.03. The monoisotopic (exact) mass is 405 g/mol. The van der Waals surface area contributed by atoms with Gasteiger partial charge in [-0.2, -0.15) is 0 Å². The van der Waals surface area contributed by atoms with E-state index < -0.39 is 42.2 Å². The lowest BCUT2D eigenvalue weighted by Gasteiger charge is -2.45. The summed E-state index contributed by atoms with van der Waals surface area (Å²) in [6.45, 7) is 13.1. The van der Waals surface area contributed by atoms with Gasteiger partial charge in [0.15, 0.2) is 5.79 Å². The van der Waals surface area contributed by atoms with Gasteiger partial charge >= 0.3 is 12.1 Å². The Morgan fingerprint density at radius 1 is 1.28 bits per heavy atom. The summed E-state index contributed by atoms with van der Waals surface area (Å²) in [5, 5.41) is 12.0. The molecule has 29 heavy (non-hydrogen) atoms. The fourth-order valence-electron chi connectivity index (χ4n) is 3.44. The van der Waals surface area contributed by atoms with Crippen molar-refractivity contribution in [3.8, 4) is 0 Å². The summed E-state index contributed by atoms with van der Waals surface area (Å²) in [7, 11) is 0. The predicted octanol–water partition coefficient (Wildman–Crippen LogP) is 4.05. The first-order chi connectivity index (χ1) is 13.4. The van der Waals surface area contributed by atoms with E-state index in [1.165, 1.54) is 6.08 Å². The molecule has 1 aromatic carbocycles. The van der Waals surface area contributed by atoms with E-state index in [4.69, 9.17) is 14.2 Å². The number of carbonyl (C=O) groups excluding carboxylic acids is 1. The van der Waals surface area contributed by atoms with Gasteiger partial charge in [-0.3, -0.25) is 4.79 Å². The Labute approximate surface area is 172 Å². The van der Waals surface area contributed by atoms with Gasteiger partial charge in [-0.1, -0.05) is 57.2 Å². The fourth-order valence-corrected chi connectivity index (χ4v) is 3.44. The van der Waals surface area contributed by atoms with Gasteiger partial charge in [0.2, 0.25) is 0 Å². The van der Waals surface area contributed by atoms with Crippen LogP contribution in [-0.4, -0.2) is 41.2 Å². The molecule has 1 aliphatic heterocycles. The molecule has 0 bridgehead atoms. The summed E-state index contributed by atoms with van der Waals surface area (Å²) < 4.78 is 17.3. The molecule has 1 unspecified atom stereocenters. The number of rotatable bonds is 6. The first kappa shape index (κ1) is 22.9. The number of nitrogens with one attached hydrogen (secondary N) is 1. The first-order valence-corrected chi connectivity index (χ1v) is 9.65. The Morgan fingerprint density at radius 2 is 1.90 bits per heavy atom. The summed E-state index contributed by atoms with van der Waals surface area (Å²) in [5.41, 5.74) is 0.522. The summed E-state index contributed by atoms with van der Waals surface area (Å²) in [5.74, 6) is -2.04. The Balaban J connectivity index is 2.20. The van der Waals surface area contributed by atoms with E-state index in [0.29, 0.717) is 0 Å². The van der Waals surface area contributed by atoms with Crippen LogP contribution >= 0.6 is 0 Å². The molecular weight excluding hydrogens is 374 g/mol. The lowest BCUT2D eigenvalue weighted by Crippen LogP contribution is -2.60. The van der Waals surface area contributed by atoms with Crippen molar-refractivity contribution in [1.29, 1.82) is 0 Å². The van der Waals surface area contributed by atoms with Gasteiger partial charge in [0.1, 0.15) is 12.2 Å². The number of aliphatic carboxylic acids is 1. The third-order valence-electron chi connectivity index (χ3n) is 4.62. The number of alkyl carbamates (subject to hydrolysis) is 1. The Kier molecular flexibility index (Phi) is 7.08. The van der Waals surface area contributed by atoms with Crippen LogP contribution in [0.5, 0.6) is 0 Å². The number of amides is 1. The average Bonchev–Trinajstić information content (AvgIpc) is 2.60. The van der Waals surface area contributed by atoms with Crippen LogP contribution in [0, 0.1) is 5.41 Å². The summed E-state index contributed by atoms with van der Waals surface area (Å²) in [6, 6.07) is 8.72. The van der Waals surface area contributed by atoms with Crippen molar-refractivity contribution in [2.24, 2.45) is 5.41 Å². The number of carbonyl (C=O) groups is 2. The van der Waals surface area contributed by atoms with Crippen molar-refractivity contribution in [3.05, 3.63) is 48.6 Å². The average molecular weight is 405 g/mol. The highest BCUT2D eigenvalue weighted by Crippen LogP contribution is 2.36. The number of ether oxygens (including phenoxy) is 3. The van der Waals surface area contributed by atoms with Gasteiger partial charge in [-0.05, 0) is 19.4 Å². The molecule has 4 atom stereocenters. The van der Waals surface area contributed by atoms with Crippen LogP contribution in [0.4, 0.5) is 4.79 Å². The Bertz CT molecular complexity index is 725. The van der Waals surface area contributed by atoms with Gasteiger partial charge in [-0.25, -0.2) is 4.79 Å². The normalized spacial score (nSPS) is 24.9. The van der Waals surface area contributed by atoms with Crippen LogP contribution < -0.4 is 5.32 Å². The highest BCUT2D eigenvalue weighted by Gasteiger charge is 2.44. The second-order valence-electron chi connectivity index (χ2n) is 8.70. The van der Waals surface area contributed by atoms with Gasteiger partial charge in [0, 0.05) is 5.41 Å². The maximum atomic E-state index is 12.8. The number of benzene rings is 1. The Morgan fingerprint density at radius 3 is 2.41 bits per heavy atom. The molecule has 7 heteroatoms. The number of hydrogen-bond acceptors (Lipinski definition) is 5. The SMILES string of the molecule is C=C[C@H]1OC(C)(C)O[C@@H](CC(=O)O)[C@H]1NC(=O)OC(c1ccccc1)C(C)(C)C. The van der Waals surface area contributed by atoms with Crippen LogP contribution in [0.1, 0.15) is 52.7 Å². The molecule has 0 aliphatic carbocycles. The van der Waals surface area contributed by atoms with E-state index in [9.17, 15) is 14.7 Å². The van der Waals surface area contributed by atoms with Crippen molar-refractivity contribution in [2.45, 2.75) is 71.2 Å². The van der Waals surface area contributed by atoms with Crippen LogP contribution in [0.3, 0.4) is 0 Å². The molecule has 160 valence electrons. The minimum Gasteiger partial charge on any atom is -0.481 e. The van der Waals surface area contributed by atoms with Crippen LogP contribution in [0.2, 0.25) is 0 Å². The minimum absolute atomic E-state index is 0.288. The lowest BCUT2D eigenvalue weighted by atomic mass is 9.84. The van der Waals surface area contributed by atoms with Crippen molar-refractivity contribution >= 4 is 12.1 Å². The molecule has 2 rings (SSSR count). The van der Waals surface area contributed by atoms with E-state index in [1.807, 2.05) is 51.1 Å². The van der Waals surface area contributed by atoms with Gasteiger partial charge in [0.25, 0.3) is 0 Å². The molecule has 1 fully saturated rings. The first-order valence-electron chi connectivity index (χ1n) is 9.65. The zero-order valence-corrected chi connectivity index (χ0v) is 17.7. The number of carboxylic acid groups (broad SMARTS) is 1. The second kappa shape index (κ2) is 8.97. The molecule has 1 aliphatic rings. The largest absolute Gasteiger partial charge is 0.481 e. The number of hydrogen-bond donors (Lipinski definition) is 2. The van der Waals surface area contributed by atoms with E-state index >= 15 is 0 Å². The second-order valence-corrected chi connectivity index (χ2v) is 8.70. The van der Waals surface area contributed by atoms with Crippen LogP contribution in [0.25, 0.3) is 0 Å². The van der Waals surface area contributed by atoms with Crippen LogP contribution in [0.15, 0.2) is 43.0 Å². The van der Waals surface area contributed by atoms with Crippen molar-refractivity contribution < 1.29 is 28.9 Å². The topological polar surface area (TPSA) is 94.1 Å². The molecule has 2 N–H and O–H groups in total. The molecule has 1 heterocycles. The molecule has 1 amide bonds. The molecule has 1 saturated heterocycles. The maximum Gasteiger partial charge on any atom is 0.408 e. The summed E-state index contributed by atoms with van der Waals surface area (Å²) in [6.07, 6.45) is -1.35. The van der Waals surface area contributed by atoms with Gasteiger partial charge in [-0.15, -0.1) is 6.58 Å². The standard InChI is InChI=1S/C22H31NO6/c1-7-15-18(16(13-17(24)25)29-22(5,6)28-15)23-20(26)27-19(21(2,3)4)14-11-9-8-10-12-14/h7-12,15-16,18-19H,1,13H2,2-6H3,(H,23,26)(H,24,25)/t15-,16+,18+,19?/m1/s1. The fraction of sp³-hybridized carbons (Fsp3) is 0.545. The number of carboxylic acids is 1. The maximum absolute atomic E-state index is 12.8. The summed E-state index contributed by atoms with van der Waals surface area (Å²) >= 11 is 0. The highest BCUT2D eigenvalue weighted by atomic mass is 16.7. The van der Waals surface area contributed by atoms with E-state index in [2.05, 4.69) is 11.9 Å². The van der Waals surface area contributed by atoms with Crippen LogP contribution in [-0.2, 0) is 19.0 Å². The quantitative estimate of drug-likeness (QED) is 0.694. The molecule has 7 nitrogen and oxygen atoms in total. The summed E-state index contributed by atoms with van der Waals surface area (Å²) in [4.78, 5) is 24.1. The van der Waals surface area contributed by atoms with E-state index in [0.717, 1.165) is 5.56 Å². The molecule has 1 aromatic rings. The smallest absolute Gasteiger partial charge is 0.408 e. The van der Waals surface area contributed by atoms with Gasteiger partial charge < -0.3 is 24.6 Å². The van der Waals surface area contributed by atoms with Gasteiger partial charge in [0.05, 0.1) is 18.6 Å². The molecule has 0 spiro atoms. The van der Waals surface area contributed by atoms with Crippen molar-refractivity contribution in [2.75, 3.05) is 0 Å². The van der Waals surface area contributed by atoms with E-state index in [1.54, 1.807) is 13.8 Å². The molecular formula is C22H31NO6. The zero-order chi connectivity index (χ0) is 21.8. The Hall–Kier alpha value is -2.38. The molecule has 0 aromatic heterocycles. The molecule has 0 radical (unpaired) electrons.